The molecule has 0 aromatic carbocycles. The van der Waals surface area contributed by atoms with Gasteiger partial charge in [-0.1, -0.05) is 0 Å². The zero-order valence-corrected chi connectivity index (χ0v) is 8.42. The maximum atomic E-state index is 10.9. The van der Waals surface area contributed by atoms with Crippen LogP contribution in [0.25, 0.3) is 0 Å². The summed E-state index contributed by atoms with van der Waals surface area (Å²) in [5.74, 6) is 0.190. The molecule has 4 heteroatoms. The lowest BCUT2D eigenvalue weighted by atomic mass is 10.0. The van der Waals surface area contributed by atoms with E-state index < -0.39 is 0 Å². The quantitative estimate of drug-likeness (QED) is 0.658. The first-order chi connectivity index (χ1) is 6.84. The summed E-state index contributed by atoms with van der Waals surface area (Å²) in [7, 11) is 0. The van der Waals surface area contributed by atoms with E-state index in [1.165, 1.54) is 0 Å². The van der Waals surface area contributed by atoms with Crippen molar-refractivity contribution in [3.05, 3.63) is 0 Å². The van der Waals surface area contributed by atoms with Gasteiger partial charge in [0.05, 0.1) is 0 Å². The Morgan fingerprint density at radius 2 is 2.00 bits per heavy atom. The Labute approximate surface area is 84.4 Å². The third-order valence-corrected chi connectivity index (χ3v) is 2.96. The van der Waals surface area contributed by atoms with Gasteiger partial charge in [0.1, 0.15) is 0 Å². The molecular weight excluding hydrogens is 180 g/mol. The van der Waals surface area contributed by atoms with E-state index in [4.69, 9.17) is 4.74 Å². The lowest BCUT2D eigenvalue weighted by molar-refractivity contribution is -0.122. The Bertz CT molecular complexity index is 192. The molecule has 0 aromatic heterocycles. The molecule has 2 rings (SSSR count). The van der Waals surface area contributed by atoms with E-state index in [-0.39, 0.29) is 5.91 Å². The molecule has 1 amide bonds. The minimum Gasteiger partial charge on any atom is -0.381 e. The second-order valence-electron chi connectivity index (χ2n) is 4.09. The van der Waals surface area contributed by atoms with Crippen molar-refractivity contribution in [2.24, 2.45) is 0 Å². The highest BCUT2D eigenvalue weighted by Gasteiger charge is 2.21. The normalized spacial score (nSPS) is 30.0. The van der Waals surface area contributed by atoms with Crippen LogP contribution in [0.15, 0.2) is 0 Å². The van der Waals surface area contributed by atoms with Crippen LogP contribution >= 0.6 is 0 Å². The number of rotatable bonds is 2. The summed E-state index contributed by atoms with van der Waals surface area (Å²) < 4.78 is 5.30. The highest BCUT2D eigenvalue weighted by atomic mass is 16.5. The first-order valence-electron chi connectivity index (χ1n) is 5.45. The minimum absolute atomic E-state index is 0.190. The molecular formula is C10H18N2O2. The number of nitrogens with one attached hydrogen (secondary N) is 2. The standard InChI is InChI=1S/C10H18N2O2/c13-10-2-1-9(7-11-10)12-8-3-5-14-6-4-8/h8-9,12H,1-7H2,(H,11,13). The second-order valence-corrected chi connectivity index (χ2v) is 4.09. The SMILES string of the molecule is O=C1CCC(NC2CCOCC2)CN1. The van der Waals surface area contributed by atoms with Gasteiger partial charge in [0.2, 0.25) is 5.91 Å². The molecule has 2 aliphatic rings. The van der Waals surface area contributed by atoms with Crippen LogP contribution in [0.3, 0.4) is 0 Å². The molecule has 80 valence electrons. The molecule has 2 saturated heterocycles. The highest BCUT2D eigenvalue weighted by molar-refractivity contribution is 5.76. The van der Waals surface area contributed by atoms with Crippen molar-refractivity contribution >= 4 is 5.91 Å². The van der Waals surface area contributed by atoms with Gasteiger partial charge in [-0.2, -0.15) is 0 Å². The minimum atomic E-state index is 0.190. The predicted molar refractivity (Wildman–Crippen MR) is 53.0 cm³/mol. The van der Waals surface area contributed by atoms with Crippen molar-refractivity contribution in [3.8, 4) is 0 Å². The monoisotopic (exact) mass is 198 g/mol. The smallest absolute Gasteiger partial charge is 0.220 e. The lowest BCUT2D eigenvalue weighted by Gasteiger charge is -2.30. The van der Waals surface area contributed by atoms with Gasteiger partial charge in [-0.3, -0.25) is 4.79 Å². The van der Waals surface area contributed by atoms with Gasteiger partial charge in [0, 0.05) is 38.3 Å². The van der Waals surface area contributed by atoms with Crippen LogP contribution in [-0.2, 0) is 9.53 Å². The fourth-order valence-electron chi connectivity index (χ4n) is 2.07. The van der Waals surface area contributed by atoms with Crippen LogP contribution in [0.1, 0.15) is 25.7 Å². The molecule has 4 nitrogen and oxygen atoms in total. The van der Waals surface area contributed by atoms with E-state index in [1.54, 1.807) is 0 Å². The van der Waals surface area contributed by atoms with Gasteiger partial charge >= 0.3 is 0 Å². The van der Waals surface area contributed by atoms with Crippen molar-refractivity contribution < 1.29 is 9.53 Å². The van der Waals surface area contributed by atoms with Gasteiger partial charge in [-0.05, 0) is 19.3 Å². The van der Waals surface area contributed by atoms with Crippen molar-refractivity contribution in [1.29, 1.82) is 0 Å². The van der Waals surface area contributed by atoms with Crippen molar-refractivity contribution in [3.63, 3.8) is 0 Å². The van der Waals surface area contributed by atoms with Crippen molar-refractivity contribution in [2.75, 3.05) is 19.8 Å². The summed E-state index contributed by atoms with van der Waals surface area (Å²) in [5.41, 5.74) is 0. The zero-order chi connectivity index (χ0) is 9.80. The van der Waals surface area contributed by atoms with E-state index in [0.29, 0.717) is 18.5 Å². The Kier molecular flexibility index (Phi) is 3.37. The van der Waals surface area contributed by atoms with Gasteiger partial charge in [-0.15, -0.1) is 0 Å². The number of carbonyl (C=O) groups is 1. The Morgan fingerprint density at radius 1 is 1.21 bits per heavy atom. The van der Waals surface area contributed by atoms with Crippen LogP contribution in [-0.4, -0.2) is 37.7 Å². The van der Waals surface area contributed by atoms with Crippen LogP contribution in [0.2, 0.25) is 0 Å². The van der Waals surface area contributed by atoms with E-state index in [2.05, 4.69) is 10.6 Å². The van der Waals surface area contributed by atoms with Gasteiger partial charge in [0.15, 0.2) is 0 Å². The molecule has 0 saturated carbocycles. The molecule has 0 radical (unpaired) electrons. The van der Waals surface area contributed by atoms with Crippen LogP contribution in [0.4, 0.5) is 0 Å². The van der Waals surface area contributed by atoms with Crippen molar-refractivity contribution in [2.45, 2.75) is 37.8 Å². The first-order valence-corrected chi connectivity index (χ1v) is 5.45. The molecule has 0 aromatic rings. The molecule has 0 bridgehead atoms. The maximum Gasteiger partial charge on any atom is 0.220 e. The Morgan fingerprint density at radius 3 is 2.64 bits per heavy atom. The number of hydrogen-bond acceptors (Lipinski definition) is 3. The molecule has 2 fully saturated rings. The number of hydrogen-bond donors (Lipinski definition) is 2. The van der Waals surface area contributed by atoms with E-state index in [9.17, 15) is 4.79 Å². The molecule has 0 aliphatic carbocycles. The fraction of sp³-hybridized carbons (Fsp3) is 0.900. The third kappa shape index (κ3) is 2.69. The van der Waals surface area contributed by atoms with Gasteiger partial charge in [0.25, 0.3) is 0 Å². The largest absolute Gasteiger partial charge is 0.381 e. The zero-order valence-electron chi connectivity index (χ0n) is 8.42. The summed E-state index contributed by atoms with van der Waals surface area (Å²) in [6.45, 7) is 2.53. The first kappa shape index (κ1) is 9.93. The topological polar surface area (TPSA) is 50.4 Å². The Balaban J connectivity index is 1.71. The van der Waals surface area contributed by atoms with Crippen molar-refractivity contribution in [1.82, 2.24) is 10.6 Å². The van der Waals surface area contributed by atoms with E-state index in [1.807, 2.05) is 0 Å². The fourth-order valence-corrected chi connectivity index (χ4v) is 2.07. The molecule has 1 atom stereocenters. The molecule has 1 unspecified atom stereocenters. The predicted octanol–water partition coefficient (Wildman–Crippen LogP) is 0.0336. The summed E-state index contributed by atoms with van der Waals surface area (Å²) in [6.07, 6.45) is 3.85. The highest BCUT2D eigenvalue weighted by Crippen LogP contribution is 2.10. The molecule has 0 spiro atoms. The Hall–Kier alpha value is -0.610. The number of carbonyl (C=O) groups excluding carboxylic acids is 1. The summed E-state index contributed by atoms with van der Waals surface area (Å²) in [6, 6.07) is 1.06. The maximum absolute atomic E-state index is 10.9. The van der Waals surface area contributed by atoms with E-state index in [0.717, 1.165) is 39.0 Å². The lowest BCUT2D eigenvalue weighted by Crippen LogP contribution is -2.50. The molecule has 2 aliphatic heterocycles. The summed E-state index contributed by atoms with van der Waals surface area (Å²) in [5, 5.41) is 6.47. The number of amides is 1. The molecule has 2 heterocycles. The summed E-state index contributed by atoms with van der Waals surface area (Å²) >= 11 is 0. The van der Waals surface area contributed by atoms with Crippen LogP contribution < -0.4 is 10.6 Å². The van der Waals surface area contributed by atoms with E-state index >= 15 is 0 Å². The number of piperidine rings is 1. The molecule has 2 N–H and O–H groups in total. The average Bonchev–Trinajstić information content (AvgIpc) is 2.23. The van der Waals surface area contributed by atoms with Gasteiger partial charge < -0.3 is 15.4 Å². The second kappa shape index (κ2) is 4.75. The van der Waals surface area contributed by atoms with Crippen LogP contribution in [0, 0.1) is 0 Å². The summed E-state index contributed by atoms with van der Waals surface area (Å²) in [4.78, 5) is 10.9. The molecule has 14 heavy (non-hydrogen) atoms. The third-order valence-electron chi connectivity index (χ3n) is 2.96. The number of ether oxygens (including phenoxy) is 1. The van der Waals surface area contributed by atoms with Gasteiger partial charge in [-0.25, -0.2) is 0 Å². The average molecular weight is 198 g/mol. The van der Waals surface area contributed by atoms with Crippen LogP contribution in [0.5, 0.6) is 0 Å².